The lowest BCUT2D eigenvalue weighted by Crippen LogP contribution is -1.99. The Morgan fingerprint density at radius 1 is 0.311 bits per heavy atom. The van der Waals surface area contributed by atoms with E-state index in [1.807, 2.05) is 6.07 Å². The molecule has 0 atom stereocenters. The van der Waals surface area contributed by atoms with Crippen molar-refractivity contribution in [3.63, 3.8) is 0 Å². The summed E-state index contributed by atoms with van der Waals surface area (Å²) in [6.45, 7) is 0. The van der Waals surface area contributed by atoms with Gasteiger partial charge in [0, 0.05) is 38.6 Å². The van der Waals surface area contributed by atoms with Gasteiger partial charge in [0.1, 0.15) is 11.0 Å². The van der Waals surface area contributed by atoms with Crippen LogP contribution in [0.2, 0.25) is 0 Å². The predicted octanol–water partition coefficient (Wildman–Crippen LogP) is 9.77. The number of hydrogen-bond donors (Lipinski definition) is 0. The lowest BCUT2D eigenvalue weighted by Gasteiger charge is -2.10. The molecule has 0 spiro atoms. The highest BCUT2D eigenvalue weighted by molar-refractivity contribution is 6.14. The van der Waals surface area contributed by atoms with Crippen molar-refractivity contribution in [2.45, 2.75) is 0 Å². The molecule has 0 unspecified atom stereocenters. The minimum absolute atomic E-state index is 0.842. The smallest absolute Gasteiger partial charge is 0.166 e. The van der Waals surface area contributed by atoms with Gasteiger partial charge in [-0.3, -0.25) is 9.13 Å². The van der Waals surface area contributed by atoms with Crippen LogP contribution in [0.1, 0.15) is 0 Å². The third-order valence-electron chi connectivity index (χ3n) is 9.03. The van der Waals surface area contributed by atoms with E-state index in [0.29, 0.717) is 0 Å². The van der Waals surface area contributed by atoms with Gasteiger partial charge >= 0.3 is 0 Å². The minimum atomic E-state index is 0.842. The normalized spacial score (nSPS) is 12.0. The van der Waals surface area contributed by atoms with Gasteiger partial charge in [-0.15, -0.1) is 0 Å². The lowest BCUT2D eigenvalue weighted by molar-refractivity contribution is 1.10. The highest BCUT2D eigenvalue weighted by Gasteiger charge is 2.21. The molecule has 45 heavy (non-hydrogen) atoms. The molecule has 5 nitrogen and oxygen atoms in total. The first-order valence-electron chi connectivity index (χ1n) is 15.2. The summed E-state index contributed by atoms with van der Waals surface area (Å²) in [5, 5.41) is 4.60. The Balaban J connectivity index is 1.32. The van der Waals surface area contributed by atoms with Crippen LogP contribution in [0.4, 0.5) is 0 Å². The van der Waals surface area contributed by atoms with Crippen molar-refractivity contribution in [2.75, 3.05) is 0 Å². The van der Waals surface area contributed by atoms with Gasteiger partial charge in [0.2, 0.25) is 0 Å². The van der Waals surface area contributed by atoms with Gasteiger partial charge in [0.05, 0.1) is 22.1 Å². The maximum Gasteiger partial charge on any atom is 0.166 e. The summed E-state index contributed by atoms with van der Waals surface area (Å²) in [6.07, 6.45) is 0. The molecule has 0 radical (unpaired) electrons. The first kappa shape index (κ1) is 24.3. The number of fused-ring (bicyclic) bond motifs is 9. The predicted molar refractivity (Wildman–Crippen MR) is 185 cm³/mol. The van der Waals surface area contributed by atoms with Crippen molar-refractivity contribution in [2.24, 2.45) is 0 Å². The fourth-order valence-corrected chi connectivity index (χ4v) is 7.11. The van der Waals surface area contributed by atoms with E-state index in [1.165, 1.54) is 21.8 Å². The molecule has 4 aromatic heterocycles. The molecule has 0 aliphatic rings. The first-order chi connectivity index (χ1) is 22.3. The summed E-state index contributed by atoms with van der Waals surface area (Å²) in [5.74, 6) is 0. The van der Waals surface area contributed by atoms with Gasteiger partial charge < -0.3 is 4.57 Å². The van der Waals surface area contributed by atoms with Crippen molar-refractivity contribution in [1.29, 1.82) is 0 Å². The van der Waals surface area contributed by atoms with Crippen molar-refractivity contribution in [3.8, 4) is 17.1 Å². The number of benzene rings is 6. The van der Waals surface area contributed by atoms with E-state index in [0.717, 1.165) is 61.2 Å². The molecule has 0 saturated carbocycles. The van der Waals surface area contributed by atoms with Crippen LogP contribution in [0.5, 0.6) is 0 Å². The number of nitrogens with zero attached hydrogens (tertiary/aromatic N) is 5. The van der Waals surface area contributed by atoms with E-state index in [9.17, 15) is 0 Å². The van der Waals surface area contributed by atoms with Crippen molar-refractivity contribution in [3.05, 3.63) is 152 Å². The van der Waals surface area contributed by atoms with Gasteiger partial charge in [-0.25, -0.2) is 9.97 Å². The fraction of sp³-hybridized carbons (Fsp3) is 0. The highest BCUT2D eigenvalue weighted by atomic mass is 15.1. The standard InChI is InChI=1S/C40H25N5/c1-3-13-26(14-4-1)43-33-20-10-7-17-29(33)32-25-28(23-24-36(32)43)45-35-22-12-9-19-31(35)38-40(45)42-39-37(41-38)30-18-8-11-21-34(30)44(39)27-15-5-2-6-16-27/h1-25H. The van der Waals surface area contributed by atoms with Crippen LogP contribution in [0.15, 0.2) is 152 Å². The molecule has 10 aromatic rings. The molecular weight excluding hydrogens is 550 g/mol. The molecule has 5 heteroatoms. The number of para-hydroxylation sites is 5. The zero-order valence-corrected chi connectivity index (χ0v) is 24.2. The minimum Gasteiger partial charge on any atom is -0.309 e. The van der Waals surface area contributed by atoms with E-state index in [4.69, 9.17) is 9.97 Å². The number of aromatic nitrogens is 5. The van der Waals surface area contributed by atoms with E-state index < -0.39 is 0 Å². The zero-order chi connectivity index (χ0) is 29.5. The monoisotopic (exact) mass is 575 g/mol. The van der Waals surface area contributed by atoms with Crippen molar-refractivity contribution >= 4 is 65.9 Å². The molecule has 0 N–H and O–H groups in total. The maximum atomic E-state index is 5.46. The Labute approximate surface area is 257 Å². The summed E-state index contributed by atoms with van der Waals surface area (Å²) in [7, 11) is 0. The summed E-state index contributed by atoms with van der Waals surface area (Å²) in [4.78, 5) is 10.8. The van der Waals surface area contributed by atoms with E-state index >= 15 is 0 Å². The molecule has 0 saturated heterocycles. The summed E-state index contributed by atoms with van der Waals surface area (Å²) < 4.78 is 6.86. The van der Waals surface area contributed by atoms with Crippen LogP contribution in [0.25, 0.3) is 83.0 Å². The van der Waals surface area contributed by atoms with Crippen LogP contribution < -0.4 is 0 Å². The van der Waals surface area contributed by atoms with Crippen LogP contribution >= 0.6 is 0 Å². The molecule has 0 aliphatic carbocycles. The molecule has 4 heterocycles. The highest BCUT2D eigenvalue weighted by Crippen LogP contribution is 2.38. The molecule has 10 rings (SSSR count). The van der Waals surface area contributed by atoms with E-state index in [-0.39, 0.29) is 0 Å². The lowest BCUT2D eigenvalue weighted by atomic mass is 10.1. The van der Waals surface area contributed by atoms with Gasteiger partial charge in [-0.05, 0) is 60.7 Å². The van der Waals surface area contributed by atoms with Crippen molar-refractivity contribution < 1.29 is 0 Å². The van der Waals surface area contributed by atoms with Gasteiger partial charge in [-0.1, -0.05) is 91.0 Å². The largest absolute Gasteiger partial charge is 0.309 e. The van der Waals surface area contributed by atoms with Gasteiger partial charge in [-0.2, -0.15) is 0 Å². The van der Waals surface area contributed by atoms with E-state index in [1.54, 1.807) is 0 Å². The molecule has 0 amide bonds. The average Bonchev–Trinajstić information content (AvgIpc) is 3.73. The zero-order valence-electron chi connectivity index (χ0n) is 24.2. The third kappa shape index (κ3) is 3.38. The van der Waals surface area contributed by atoms with E-state index in [2.05, 4.69) is 159 Å². The summed E-state index contributed by atoms with van der Waals surface area (Å²) >= 11 is 0. The van der Waals surface area contributed by atoms with Crippen LogP contribution in [-0.4, -0.2) is 23.7 Å². The first-order valence-corrected chi connectivity index (χ1v) is 15.2. The molecular formula is C40H25N5. The Hall–Kier alpha value is -6.20. The molecule has 0 aliphatic heterocycles. The Morgan fingerprint density at radius 3 is 1.36 bits per heavy atom. The summed E-state index contributed by atoms with van der Waals surface area (Å²) in [6, 6.07) is 53.4. The maximum absolute atomic E-state index is 5.46. The Morgan fingerprint density at radius 2 is 0.756 bits per heavy atom. The molecule has 6 aromatic carbocycles. The van der Waals surface area contributed by atoms with Gasteiger partial charge in [0.25, 0.3) is 0 Å². The number of hydrogen-bond acceptors (Lipinski definition) is 2. The van der Waals surface area contributed by atoms with Crippen molar-refractivity contribution in [1.82, 2.24) is 23.7 Å². The van der Waals surface area contributed by atoms with Crippen LogP contribution in [0.3, 0.4) is 0 Å². The molecule has 0 bridgehead atoms. The number of rotatable bonds is 3. The molecule has 0 fully saturated rings. The Bertz CT molecular complexity index is 2750. The third-order valence-corrected chi connectivity index (χ3v) is 9.03. The van der Waals surface area contributed by atoms with Crippen LogP contribution in [-0.2, 0) is 0 Å². The average molecular weight is 576 g/mol. The fourth-order valence-electron chi connectivity index (χ4n) is 7.11. The SMILES string of the molecule is c1ccc(-n2c3ccccc3c3cc(-n4c5ccccc5c5nc6c7ccccc7n(-c7ccccc7)c6nc54)ccc32)cc1. The second-order valence-corrected chi connectivity index (χ2v) is 11.5. The second-order valence-electron chi connectivity index (χ2n) is 11.5. The van der Waals surface area contributed by atoms with Crippen LogP contribution in [0, 0.1) is 0 Å². The Kier molecular flexibility index (Phi) is 4.93. The quantitative estimate of drug-likeness (QED) is 0.210. The molecule has 210 valence electrons. The second kappa shape index (κ2) is 9.15. The van der Waals surface area contributed by atoms with Gasteiger partial charge in [0.15, 0.2) is 11.3 Å². The topological polar surface area (TPSA) is 40.6 Å². The summed E-state index contributed by atoms with van der Waals surface area (Å²) in [5.41, 5.74) is 11.3.